The molecule has 4 rings (SSSR count). The lowest BCUT2D eigenvalue weighted by Gasteiger charge is -2.23. The Balaban J connectivity index is 1.58. The lowest BCUT2D eigenvalue weighted by Crippen LogP contribution is -2.50. The molecule has 0 saturated carbocycles. The molecule has 0 aromatic heterocycles. The van der Waals surface area contributed by atoms with E-state index in [0.717, 1.165) is 27.0 Å². The van der Waals surface area contributed by atoms with Gasteiger partial charge in [-0.1, -0.05) is 46.3 Å². The Hall–Kier alpha value is -3.32. The molecule has 3 aromatic carbocycles. The molecule has 1 atom stereocenters. The highest BCUT2D eigenvalue weighted by Gasteiger charge is 2.28. The number of nitrogens with two attached hydrogens (primary N) is 2. The third kappa shape index (κ3) is 4.41. The molecule has 5 N–H and O–H groups in total. The molecule has 0 spiro atoms. The summed E-state index contributed by atoms with van der Waals surface area (Å²) in [4.78, 5) is 4.56. The first-order valence-electron chi connectivity index (χ1n) is 9.14. The number of rotatable bonds is 5. The second kappa shape index (κ2) is 8.36. The Labute approximate surface area is 177 Å². The molecule has 1 heterocycles. The molecule has 1 aliphatic rings. The van der Waals surface area contributed by atoms with Crippen LogP contribution in [0.15, 0.2) is 88.3 Å². The van der Waals surface area contributed by atoms with Gasteiger partial charge in [0.2, 0.25) is 6.17 Å². The van der Waals surface area contributed by atoms with Crippen LogP contribution in [0.5, 0.6) is 5.75 Å². The van der Waals surface area contributed by atoms with Crippen LogP contribution in [0.4, 0.5) is 5.69 Å². The number of nitrogens with zero attached hydrogens (tertiary/aromatic N) is 2. The first kappa shape index (κ1) is 19.0. The van der Waals surface area contributed by atoms with Crippen LogP contribution in [0.1, 0.15) is 17.3 Å². The molecule has 0 aliphatic carbocycles. The molecule has 0 bridgehead atoms. The Morgan fingerprint density at radius 3 is 2.31 bits per heavy atom. The maximum atomic E-state index is 6.24. The highest BCUT2D eigenvalue weighted by molar-refractivity contribution is 9.10. The maximum absolute atomic E-state index is 6.24. The molecule has 3 aromatic rings. The number of hydrogen-bond donors (Lipinski definition) is 3. The highest BCUT2D eigenvalue weighted by Crippen LogP contribution is 2.29. The molecule has 0 fully saturated rings. The SMILES string of the molecule is NC1=NC(c2ccc(OCc3ccccc3)cc2)[N+](c2ccc(Br)cc2)=C(N)N1. The van der Waals surface area contributed by atoms with E-state index >= 15 is 0 Å². The van der Waals surface area contributed by atoms with Crippen LogP contribution >= 0.6 is 15.9 Å². The van der Waals surface area contributed by atoms with Gasteiger partial charge in [0.25, 0.3) is 5.96 Å². The summed E-state index contributed by atoms with van der Waals surface area (Å²) in [7, 11) is 0. The first-order chi connectivity index (χ1) is 14.1. The normalized spacial score (nSPS) is 16.2. The van der Waals surface area contributed by atoms with Crippen molar-refractivity contribution in [2.24, 2.45) is 16.5 Å². The summed E-state index contributed by atoms with van der Waals surface area (Å²) in [6.45, 7) is 0.518. The van der Waals surface area contributed by atoms with Crippen LogP contribution in [0.25, 0.3) is 0 Å². The van der Waals surface area contributed by atoms with Crippen molar-refractivity contribution in [3.63, 3.8) is 0 Å². The second-order valence-corrected chi connectivity index (χ2v) is 7.50. The largest absolute Gasteiger partial charge is 0.489 e. The van der Waals surface area contributed by atoms with Crippen LogP contribution in [0.3, 0.4) is 0 Å². The minimum absolute atomic E-state index is 0.283. The van der Waals surface area contributed by atoms with Gasteiger partial charge in [-0.25, -0.2) is 9.89 Å². The van der Waals surface area contributed by atoms with Crippen LogP contribution in [-0.4, -0.2) is 16.5 Å². The standard InChI is InChI=1S/C22H20BrN5O/c23-17-8-10-18(11-9-17)28-20(26-21(24)27-22(28)25)16-6-12-19(13-7-16)29-14-15-4-2-1-3-5-15/h1-13,20H,14H2,(H4,24,25,26,27)/p+1. The van der Waals surface area contributed by atoms with Gasteiger partial charge < -0.3 is 10.5 Å². The summed E-state index contributed by atoms with van der Waals surface area (Å²) >= 11 is 3.46. The predicted octanol–water partition coefficient (Wildman–Crippen LogP) is 3.60. The average molecular weight is 451 g/mol. The molecule has 1 unspecified atom stereocenters. The fourth-order valence-electron chi connectivity index (χ4n) is 3.13. The van der Waals surface area contributed by atoms with Crippen LogP contribution in [-0.2, 0) is 6.61 Å². The van der Waals surface area contributed by atoms with Crippen molar-refractivity contribution >= 4 is 33.5 Å². The smallest absolute Gasteiger partial charge is 0.357 e. The van der Waals surface area contributed by atoms with Gasteiger partial charge in [-0.2, -0.15) is 4.99 Å². The monoisotopic (exact) mass is 450 g/mol. The summed E-state index contributed by atoms with van der Waals surface area (Å²) < 4.78 is 8.78. The van der Waals surface area contributed by atoms with Crippen molar-refractivity contribution in [3.8, 4) is 5.75 Å². The maximum Gasteiger partial charge on any atom is 0.357 e. The molecule has 6 nitrogen and oxygen atoms in total. The molecule has 0 saturated heterocycles. The van der Waals surface area contributed by atoms with Crippen LogP contribution in [0.2, 0.25) is 0 Å². The van der Waals surface area contributed by atoms with Gasteiger partial charge in [-0.05, 0) is 54.1 Å². The third-order valence-electron chi connectivity index (χ3n) is 4.55. The molecular formula is C22H21BrN5O+. The van der Waals surface area contributed by atoms with E-state index in [1.54, 1.807) is 0 Å². The van der Waals surface area contributed by atoms with Crippen molar-refractivity contribution < 1.29 is 9.31 Å². The molecule has 1 aliphatic heterocycles. The van der Waals surface area contributed by atoms with Crippen molar-refractivity contribution in [1.29, 1.82) is 0 Å². The van der Waals surface area contributed by atoms with Gasteiger partial charge in [0, 0.05) is 10.0 Å². The number of nitrogens with one attached hydrogen (secondary N) is 1. The number of guanidine groups is 2. The number of ether oxygens (including phenoxy) is 1. The Morgan fingerprint density at radius 1 is 0.931 bits per heavy atom. The highest BCUT2D eigenvalue weighted by atomic mass is 79.9. The number of benzene rings is 3. The molecule has 0 radical (unpaired) electrons. The van der Waals surface area contributed by atoms with Crippen molar-refractivity contribution in [2.75, 3.05) is 0 Å². The number of halogens is 1. The van der Waals surface area contributed by atoms with E-state index in [9.17, 15) is 0 Å². The van der Waals surface area contributed by atoms with Gasteiger partial charge in [-0.3, -0.25) is 5.73 Å². The summed E-state index contributed by atoms with van der Waals surface area (Å²) in [5.74, 6) is 1.50. The van der Waals surface area contributed by atoms with Gasteiger partial charge in [0.1, 0.15) is 18.0 Å². The summed E-state index contributed by atoms with van der Waals surface area (Å²) in [6.07, 6.45) is -0.374. The molecule has 146 valence electrons. The molecule has 0 amide bonds. The van der Waals surface area contributed by atoms with Gasteiger partial charge in [0.05, 0.1) is 0 Å². The second-order valence-electron chi connectivity index (χ2n) is 6.59. The van der Waals surface area contributed by atoms with Crippen LogP contribution < -0.4 is 21.5 Å². The summed E-state index contributed by atoms with van der Waals surface area (Å²) in [6, 6.07) is 25.7. The minimum atomic E-state index is -0.374. The van der Waals surface area contributed by atoms with Crippen LogP contribution in [0, 0.1) is 0 Å². The number of hydrogen-bond acceptors (Lipinski definition) is 5. The van der Waals surface area contributed by atoms with Gasteiger partial charge >= 0.3 is 5.96 Å². The Bertz CT molecular complexity index is 1050. The van der Waals surface area contributed by atoms with E-state index in [1.807, 2.05) is 83.4 Å². The number of aliphatic imine (C=N–C) groups is 1. The minimum Gasteiger partial charge on any atom is -0.489 e. The Morgan fingerprint density at radius 2 is 1.62 bits per heavy atom. The van der Waals surface area contributed by atoms with E-state index < -0.39 is 0 Å². The van der Waals surface area contributed by atoms with Crippen molar-refractivity contribution in [2.45, 2.75) is 12.8 Å². The van der Waals surface area contributed by atoms with E-state index in [2.05, 4.69) is 26.2 Å². The van der Waals surface area contributed by atoms with E-state index in [0.29, 0.717) is 12.6 Å². The zero-order valence-corrected chi connectivity index (χ0v) is 17.2. The Kier molecular flexibility index (Phi) is 5.48. The first-order valence-corrected chi connectivity index (χ1v) is 9.93. The lowest BCUT2D eigenvalue weighted by atomic mass is 10.1. The van der Waals surface area contributed by atoms with E-state index in [4.69, 9.17) is 16.2 Å². The zero-order valence-electron chi connectivity index (χ0n) is 15.6. The zero-order chi connectivity index (χ0) is 20.2. The summed E-state index contributed by atoms with van der Waals surface area (Å²) in [5.41, 5.74) is 15.2. The lowest BCUT2D eigenvalue weighted by molar-refractivity contribution is -0.494. The summed E-state index contributed by atoms with van der Waals surface area (Å²) in [5, 5.41) is 2.90. The van der Waals surface area contributed by atoms with Crippen molar-refractivity contribution in [3.05, 3.63) is 94.5 Å². The van der Waals surface area contributed by atoms with E-state index in [1.165, 1.54) is 0 Å². The third-order valence-corrected chi connectivity index (χ3v) is 5.08. The molecular weight excluding hydrogens is 430 g/mol. The average Bonchev–Trinajstić information content (AvgIpc) is 2.74. The molecule has 29 heavy (non-hydrogen) atoms. The predicted molar refractivity (Wildman–Crippen MR) is 118 cm³/mol. The van der Waals surface area contributed by atoms with Gasteiger partial charge in [-0.15, -0.1) is 0 Å². The van der Waals surface area contributed by atoms with Crippen molar-refractivity contribution in [1.82, 2.24) is 5.32 Å². The quantitative estimate of drug-likeness (QED) is 0.518. The fourth-order valence-corrected chi connectivity index (χ4v) is 3.39. The van der Waals surface area contributed by atoms with Gasteiger partial charge in [0.15, 0.2) is 0 Å². The molecule has 7 heteroatoms. The van der Waals surface area contributed by atoms with E-state index in [-0.39, 0.29) is 12.1 Å². The fraction of sp³-hybridized carbons (Fsp3) is 0.0909. The topological polar surface area (TPSA) is 88.7 Å².